The van der Waals surface area contributed by atoms with E-state index >= 15 is 0 Å². The fourth-order valence-electron chi connectivity index (χ4n) is 3.58. The Bertz CT molecular complexity index is 211. The number of likely N-dealkylation sites (tertiary alicyclic amines) is 1. The highest BCUT2D eigenvalue weighted by atomic mass is 15.1. The maximum atomic E-state index is 3.59. The molecule has 2 saturated heterocycles. The molecule has 2 aliphatic rings. The molecule has 88 valence electrons. The van der Waals surface area contributed by atoms with Gasteiger partial charge in [-0.2, -0.15) is 0 Å². The van der Waals surface area contributed by atoms with E-state index in [1.807, 2.05) is 0 Å². The van der Waals surface area contributed by atoms with E-state index in [9.17, 15) is 0 Å². The quantitative estimate of drug-likeness (QED) is 0.749. The van der Waals surface area contributed by atoms with Crippen LogP contribution in [0.4, 0.5) is 0 Å². The van der Waals surface area contributed by atoms with E-state index < -0.39 is 0 Å². The van der Waals surface area contributed by atoms with Gasteiger partial charge in [-0.05, 0) is 63.2 Å². The largest absolute Gasteiger partial charge is 0.316 e. The molecule has 2 fully saturated rings. The van der Waals surface area contributed by atoms with Gasteiger partial charge in [0.1, 0.15) is 0 Å². The molecule has 2 rings (SSSR count). The molecule has 0 aromatic rings. The van der Waals surface area contributed by atoms with Gasteiger partial charge in [-0.15, -0.1) is 0 Å². The van der Waals surface area contributed by atoms with Gasteiger partial charge in [0.25, 0.3) is 0 Å². The van der Waals surface area contributed by atoms with Crippen LogP contribution in [0.5, 0.6) is 0 Å². The molecule has 0 saturated carbocycles. The third-order valence-corrected chi connectivity index (χ3v) is 4.39. The van der Waals surface area contributed by atoms with E-state index in [0.717, 1.165) is 11.8 Å². The van der Waals surface area contributed by atoms with Crippen LogP contribution in [-0.2, 0) is 0 Å². The summed E-state index contributed by atoms with van der Waals surface area (Å²) in [6, 6.07) is 0. The molecule has 2 aliphatic heterocycles. The highest BCUT2D eigenvalue weighted by molar-refractivity contribution is 4.97. The predicted molar refractivity (Wildman–Crippen MR) is 65.0 cm³/mol. The van der Waals surface area contributed by atoms with Crippen molar-refractivity contribution in [3.05, 3.63) is 0 Å². The molecule has 1 N–H and O–H groups in total. The van der Waals surface area contributed by atoms with Crippen LogP contribution in [0, 0.1) is 17.3 Å². The lowest BCUT2D eigenvalue weighted by Gasteiger charge is -2.42. The average molecular weight is 210 g/mol. The Balaban J connectivity index is 2.05. The van der Waals surface area contributed by atoms with E-state index in [2.05, 4.69) is 31.1 Å². The molecule has 2 unspecified atom stereocenters. The Hall–Kier alpha value is -0.0800. The van der Waals surface area contributed by atoms with Crippen LogP contribution in [0.15, 0.2) is 0 Å². The van der Waals surface area contributed by atoms with Crippen molar-refractivity contribution in [2.45, 2.75) is 33.1 Å². The summed E-state index contributed by atoms with van der Waals surface area (Å²) in [5.41, 5.74) is 0.657. The van der Waals surface area contributed by atoms with Crippen molar-refractivity contribution in [2.24, 2.45) is 17.3 Å². The number of hydrogen-bond donors (Lipinski definition) is 1. The summed E-state index contributed by atoms with van der Waals surface area (Å²) >= 11 is 0. The fraction of sp³-hybridized carbons (Fsp3) is 1.00. The monoisotopic (exact) mass is 210 g/mol. The molecule has 2 heterocycles. The van der Waals surface area contributed by atoms with Crippen LogP contribution in [0.25, 0.3) is 0 Å². The SMILES string of the molecule is CC(C)CC1CNCCC12CCN(C)C2. The van der Waals surface area contributed by atoms with Crippen molar-refractivity contribution in [2.75, 3.05) is 33.2 Å². The topological polar surface area (TPSA) is 15.3 Å². The summed E-state index contributed by atoms with van der Waals surface area (Å²) in [5.74, 6) is 1.76. The minimum atomic E-state index is 0.657. The molecule has 1 spiro atoms. The van der Waals surface area contributed by atoms with Crippen molar-refractivity contribution < 1.29 is 0 Å². The van der Waals surface area contributed by atoms with Gasteiger partial charge in [0, 0.05) is 6.54 Å². The molecular formula is C13H26N2. The lowest BCUT2D eigenvalue weighted by molar-refractivity contribution is 0.0993. The maximum Gasteiger partial charge on any atom is 0.00390 e. The summed E-state index contributed by atoms with van der Waals surface area (Å²) in [6.07, 6.45) is 4.23. The zero-order valence-corrected chi connectivity index (χ0v) is 10.6. The standard InChI is InChI=1S/C13H26N2/c1-11(2)8-12-9-14-6-4-13(12)5-7-15(3)10-13/h11-12,14H,4-10H2,1-3H3. The second-order valence-corrected chi connectivity index (χ2v) is 6.13. The molecule has 0 aliphatic carbocycles. The van der Waals surface area contributed by atoms with E-state index in [1.165, 1.54) is 45.4 Å². The Labute approximate surface area is 94.4 Å². The first-order valence-electron chi connectivity index (χ1n) is 6.52. The Morgan fingerprint density at radius 3 is 2.80 bits per heavy atom. The zero-order chi connectivity index (χ0) is 10.9. The Morgan fingerprint density at radius 2 is 2.20 bits per heavy atom. The molecule has 15 heavy (non-hydrogen) atoms. The lowest BCUT2D eigenvalue weighted by atomic mass is 9.67. The van der Waals surface area contributed by atoms with Crippen LogP contribution in [0.2, 0.25) is 0 Å². The molecule has 2 nitrogen and oxygen atoms in total. The maximum absolute atomic E-state index is 3.59. The predicted octanol–water partition coefficient (Wildman–Crippen LogP) is 1.96. The van der Waals surface area contributed by atoms with E-state index in [-0.39, 0.29) is 0 Å². The van der Waals surface area contributed by atoms with Crippen molar-refractivity contribution in [3.63, 3.8) is 0 Å². The van der Waals surface area contributed by atoms with Crippen LogP contribution < -0.4 is 5.32 Å². The average Bonchev–Trinajstić information content (AvgIpc) is 2.52. The molecule has 0 amide bonds. The normalized spacial score (nSPS) is 38.0. The van der Waals surface area contributed by atoms with Gasteiger partial charge in [-0.25, -0.2) is 0 Å². The third-order valence-electron chi connectivity index (χ3n) is 4.39. The van der Waals surface area contributed by atoms with Crippen molar-refractivity contribution in [1.29, 1.82) is 0 Å². The molecular weight excluding hydrogens is 184 g/mol. The van der Waals surface area contributed by atoms with Gasteiger partial charge in [0.15, 0.2) is 0 Å². The number of nitrogens with one attached hydrogen (secondary N) is 1. The van der Waals surface area contributed by atoms with Gasteiger partial charge >= 0.3 is 0 Å². The zero-order valence-electron chi connectivity index (χ0n) is 10.6. The third kappa shape index (κ3) is 2.36. The summed E-state index contributed by atoms with van der Waals surface area (Å²) in [6.45, 7) is 9.87. The molecule has 0 bridgehead atoms. The second-order valence-electron chi connectivity index (χ2n) is 6.13. The van der Waals surface area contributed by atoms with Crippen molar-refractivity contribution >= 4 is 0 Å². The van der Waals surface area contributed by atoms with E-state index in [1.54, 1.807) is 0 Å². The molecule has 2 heteroatoms. The highest BCUT2D eigenvalue weighted by Gasteiger charge is 2.44. The smallest absolute Gasteiger partial charge is 0.00390 e. The molecule has 0 aromatic heterocycles. The number of piperidine rings is 1. The van der Waals surface area contributed by atoms with Gasteiger partial charge in [0.05, 0.1) is 0 Å². The van der Waals surface area contributed by atoms with Gasteiger partial charge in [-0.3, -0.25) is 0 Å². The first kappa shape index (κ1) is 11.4. The van der Waals surface area contributed by atoms with E-state index in [0.29, 0.717) is 5.41 Å². The van der Waals surface area contributed by atoms with Gasteiger partial charge in [-0.1, -0.05) is 13.8 Å². The number of hydrogen-bond acceptors (Lipinski definition) is 2. The first-order chi connectivity index (χ1) is 7.12. The van der Waals surface area contributed by atoms with E-state index in [4.69, 9.17) is 0 Å². The minimum absolute atomic E-state index is 0.657. The number of nitrogens with zero attached hydrogens (tertiary/aromatic N) is 1. The molecule has 2 atom stereocenters. The summed E-state index contributed by atoms with van der Waals surface area (Å²) < 4.78 is 0. The summed E-state index contributed by atoms with van der Waals surface area (Å²) in [7, 11) is 2.28. The second kappa shape index (κ2) is 4.42. The summed E-state index contributed by atoms with van der Waals surface area (Å²) in [4.78, 5) is 2.53. The van der Waals surface area contributed by atoms with Crippen molar-refractivity contribution in [3.8, 4) is 0 Å². The lowest BCUT2D eigenvalue weighted by Crippen LogP contribution is -2.46. The molecule has 0 radical (unpaired) electrons. The van der Waals surface area contributed by atoms with Crippen LogP contribution in [0.3, 0.4) is 0 Å². The highest BCUT2D eigenvalue weighted by Crippen LogP contribution is 2.44. The first-order valence-corrected chi connectivity index (χ1v) is 6.52. The van der Waals surface area contributed by atoms with Gasteiger partial charge < -0.3 is 10.2 Å². The Morgan fingerprint density at radius 1 is 1.40 bits per heavy atom. The van der Waals surface area contributed by atoms with Crippen LogP contribution >= 0.6 is 0 Å². The number of rotatable bonds is 2. The van der Waals surface area contributed by atoms with Crippen molar-refractivity contribution in [1.82, 2.24) is 10.2 Å². The van der Waals surface area contributed by atoms with Crippen LogP contribution in [-0.4, -0.2) is 38.1 Å². The summed E-state index contributed by atoms with van der Waals surface area (Å²) in [5, 5.41) is 3.59. The Kier molecular flexibility index (Phi) is 3.36. The fourth-order valence-corrected chi connectivity index (χ4v) is 3.58. The van der Waals surface area contributed by atoms with Crippen LogP contribution in [0.1, 0.15) is 33.1 Å². The minimum Gasteiger partial charge on any atom is -0.316 e. The molecule has 0 aromatic carbocycles. The van der Waals surface area contributed by atoms with Gasteiger partial charge in [0.2, 0.25) is 0 Å².